The third-order valence-corrected chi connectivity index (χ3v) is 1.88. The maximum absolute atomic E-state index is 11.3. The van der Waals surface area contributed by atoms with Crippen molar-refractivity contribution in [3.8, 4) is 5.75 Å². The first kappa shape index (κ1) is 7.31. The Morgan fingerprint density at radius 2 is 2.17 bits per heavy atom. The minimum Gasteiger partial charge on any atom is -0.479 e. The molecular formula is C9H8O3. The second kappa shape index (κ2) is 2.60. The van der Waals surface area contributed by atoms with E-state index in [1.165, 1.54) is 0 Å². The lowest BCUT2D eigenvalue weighted by Crippen LogP contribution is -2.24. The molecule has 1 atom stereocenters. The number of ketones is 1. The summed E-state index contributed by atoms with van der Waals surface area (Å²) in [6, 6.07) is 7.00. The summed E-state index contributed by atoms with van der Waals surface area (Å²) in [5.41, 5.74) is 0.566. The number of rotatable bonds is 1. The molecule has 0 fully saturated rings. The number of benzene rings is 1. The van der Waals surface area contributed by atoms with Gasteiger partial charge in [-0.1, -0.05) is 12.1 Å². The first-order chi connectivity index (χ1) is 5.83. The monoisotopic (exact) mass is 164 g/mol. The van der Waals surface area contributed by atoms with Crippen LogP contribution in [0.15, 0.2) is 24.3 Å². The normalized spacial score (nSPS) is 20.4. The smallest absolute Gasteiger partial charge is 0.209 e. The van der Waals surface area contributed by atoms with Crippen LogP contribution < -0.4 is 4.74 Å². The van der Waals surface area contributed by atoms with Crippen LogP contribution in [0.25, 0.3) is 0 Å². The van der Waals surface area contributed by atoms with Crippen molar-refractivity contribution in [3.63, 3.8) is 0 Å². The van der Waals surface area contributed by atoms with Gasteiger partial charge in [0.05, 0.1) is 12.2 Å². The van der Waals surface area contributed by atoms with Gasteiger partial charge in [0.2, 0.25) is 5.78 Å². The number of fused-ring (bicyclic) bond motifs is 1. The van der Waals surface area contributed by atoms with E-state index in [4.69, 9.17) is 9.84 Å². The van der Waals surface area contributed by atoms with Crippen molar-refractivity contribution < 1.29 is 14.6 Å². The summed E-state index contributed by atoms with van der Waals surface area (Å²) in [7, 11) is 0. The summed E-state index contributed by atoms with van der Waals surface area (Å²) >= 11 is 0. The van der Waals surface area contributed by atoms with Crippen molar-refractivity contribution >= 4 is 5.78 Å². The number of aliphatic hydroxyl groups excluding tert-OH is 1. The molecule has 0 bridgehead atoms. The van der Waals surface area contributed by atoms with Gasteiger partial charge in [-0.05, 0) is 12.1 Å². The highest BCUT2D eigenvalue weighted by atomic mass is 16.5. The van der Waals surface area contributed by atoms with Crippen LogP contribution in [0.2, 0.25) is 0 Å². The van der Waals surface area contributed by atoms with E-state index in [2.05, 4.69) is 0 Å². The van der Waals surface area contributed by atoms with Gasteiger partial charge in [-0.3, -0.25) is 4.79 Å². The van der Waals surface area contributed by atoms with Gasteiger partial charge in [-0.2, -0.15) is 0 Å². The van der Waals surface area contributed by atoms with E-state index in [0.717, 1.165) is 0 Å². The summed E-state index contributed by atoms with van der Waals surface area (Å²) in [6.45, 7) is -0.256. The molecule has 0 unspecified atom stereocenters. The van der Waals surface area contributed by atoms with Crippen molar-refractivity contribution in [1.29, 1.82) is 0 Å². The summed E-state index contributed by atoms with van der Waals surface area (Å²) in [5, 5.41) is 8.76. The Balaban J connectivity index is 2.42. The average molecular weight is 164 g/mol. The Morgan fingerprint density at radius 3 is 2.83 bits per heavy atom. The number of hydrogen-bond acceptors (Lipinski definition) is 3. The number of hydrogen-bond donors (Lipinski definition) is 1. The van der Waals surface area contributed by atoms with Crippen molar-refractivity contribution in [3.05, 3.63) is 29.8 Å². The molecule has 1 aromatic carbocycles. The lowest BCUT2D eigenvalue weighted by atomic mass is 10.1. The summed E-state index contributed by atoms with van der Waals surface area (Å²) < 4.78 is 5.17. The van der Waals surface area contributed by atoms with E-state index < -0.39 is 6.10 Å². The van der Waals surface area contributed by atoms with Crippen LogP contribution >= 0.6 is 0 Å². The summed E-state index contributed by atoms with van der Waals surface area (Å²) in [5.74, 6) is 0.439. The first-order valence-corrected chi connectivity index (χ1v) is 3.73. The topological polar surface area (TPSA) is 46.5 Å². The molecule has 0 aromatic heterocycles. The Bertz CT molecular complexity index is 319. The van der Waals surface area contributed by atoms with E-state index in [0.29, 0.717) is 11.3 Å². The highest BCUT2D eigenvalue weighted by Gasteiger charge is 2.30. The SMILES string of the molecule is O=C1c2ccccc2O[C@H]1CO. The Hall–Kier alpha value is -1.35. The van der Waals surface area contributed by atoms with Crippen molar-refractivity contribution in [2.24, 2.45) is 0 Å². The van der Waals surface area contributed by atoms with Gasteiger partial charge >= 0.3 is 0 Å². The average Bonchev–Trinajstić information content (AvgIpc) is 2.44. The molecule has 3 heteroatoms. The standard InChI is InChI=1S/C9H8O3/c10-5-8-9(11)6-3-1-2-4-7(6)12-8/h1-4,8,10H,5H2/t8-/m0/s1. The van der Waals surface area contributed by atoms with Gasteiger partial charge in [0.15, 0.2) is 6.10 Å². The highest BCUT2D eigenvalue weighted by molar-refractivity contribution is 6.04. The van der Waals surface area contributed by atoms with E-state index in [-0.39, 0.29) is 12.4 Å². The third-order valence-electron chi connectivity index (χ3n) is 1.88. The molecule has 0 aliphatic carbocycles. The molecule has 0 radical (unpaired) electrons. The van der Waals surface area contributed by atoms with Gasteiger partial charge in [0.25, 0.3) is 0 Å². The lowest BCUT2D eigenvalue weighted by molar-refractivity contribution is 0.0742. The molecule has 12 heavy (non-hydrogen) atoms. The van der Waals surface area contributed by atoms with Crippen LogP contribution in [0.1, 0.15) is 10.4 Å². The first-order valence-electron chi connectivity index (χ1n) is 3.73. The predicted octanol–water partition coefficient (Wildman–Crippen LogP) is 0.623. The van der Waals surface area contributed by atoms with Crippen LogP contribution in [0.3, 0.4) is 0 Å². The maximum Gasteiger partial charge on any atom is 0.209 e. The number of aliphatic hydroxyl groups is 1. The van der Waals surface area contributed by atoms with E-state index in [1.807, 2.05) is 0 Å². The highest BCUT2D eigenvalue weighted by Crippen LogP contribution is 2.27. The fraction of sp³-hybridized carbons (Fsp3) is 0.222. The molecule has 62 valence electrons. The molecule has 1 N–H and O–H groups in total. The molecule has 2 rings (SSSR count). The fourth-order valence-electron chi connectivity index (χ4n) is 1.27. The number of Topliss-reactive ketones (excluding diaryl/α,β-unsaturated/α-hetero) is 1. The largest absolute Gasteiger partial charge is 0.479 e. The Labute approximate surface area is 69.6 Å². The molecule has 0 saturated heterocycles. The molecule has 3 nitrogen and oxygen atoms in total. The van der Waals surface area contributed by atoms with Crippen molar-refractivity contribution in [2.45, 2.75) is 6.10 Å². The molecule has 1 heterocycles. The van der Waals surface area contributed by atoms with Crippen LogP contribution in [-0.4, -0.2) is 23.6 Å². The van der Waals surface area contributed by atoms with E-state index in [1.54, 1.807) is 24.3 Å². The van der Waals surface area contributed by atoms with Crippen LogP contribution in [0.5, 0.6) is 5.75 Å². The molecule has 0 saturated carbocycles. The third kappa shape index (κ3) is 0.905. The minimum absolute atomic E-state index is 0.131. The second-order valence-electron chi connectivity index (χ2n) is 2.65. The Kier molecular flexibility index (Phi) is 1.59. The number of para-hydroxylation sites is 1. The number of carbonyl (C=O) groups excluding carboxylic acids is 1. The van der Waals surface area contributed by atoms with Gasteiger partial charge in [-0.15, -0.1) is 0 Å². The summed E-state index contributed by atoms with van der Waals surface area (Å²) in [4.78, 5) is 11.3. The quantitative estimate of drug-likeness (QED) is 0.662. The zero-order valence-corrected chi connectivity index (χ0v) is 6.36. The van der Waals surface area contributed by atoms with Gasteiger partial charge in [0, 0.05) is 0 Å². The number of ether oxygens (including phenoxy) is 1. The lowest BCUT2D eigenvalue weighted by Gasteiger charge is -2.02. The van der Waals surface area contributed by atoms with E-state index in [9.17, 15) is 4.79 Å². The molecular weight excluding hydrogens is 156 g/mol. The van der Waals surface area contributed by atoms with Crippen molar-refractivity contribution in [2.75, 3.05) is 6.61 Å². The van der Waals surface area contributed by atoms with Crippen LogP contribution in [0.4, 0.5) is 0 Å². The molecule has 0 spiro atoms. The van der Waals surface area contributed by atoms with E-state index >= 15 is 0 Å². The van der Waals surface area contributed by atoms with Crippen LogP contribution in [0, 0.1) is 0 Å². The zero-order chi connectivity index (χ0) is 8.55. The second-order valence-corrected chi connectivity index (χ2v) is 2.65. The van der Waals surface area contributed by atoms with Crippen LogP contribution in [-0.2, 0) is 0 Å². The summed E-state index contributed by atoms with van der Waals surface area (Å²) in [6.07, 6.45) is -0.692. The van der Waals surface area contributed by atoms with Gasteiger partial charge in [-0.25, -0.2) is 0 Å². The molecule has 0 amide bonds. The number of carbonyl (C=O) groups is 1. The molecule has 1 aliphatic heterocycles. The maximum atomic E-state index is 11.3. The minimum atomic E-state index is -0.692. The van der Waals surface area contributed by atoms with Crippen molar-refractivity contribution in [1.82, 2.24) is 0 Å². The molecule has 1 aliphatic rings. The van der Waals surface area contributed by atoms with Gasteiger partial charge < -0.3 is 9.84 Å². The van der Waals surface area contributed by atoms with Gasteiger partial charge in [0.1, 0.15) is 5.75 Å². The zero-order valence-electron chi connectivity index (χ0n) is 6.36. The molecule has 1 aromatic rings. The fourth-order valence-corrected chi connectivity index (χ4v) is 1.27. The predicted molar refractivity (Wildman–Crippen MR) is 42.3 cm³/mol. The Morgan fingerprint density at radius 1 is 1.42 bits per heavy atom.